The van der Waals surface area contributed by atoms with Gasteiger partial charge in [0.2, 0.25) is 0 Å². The Labute approximate surface area is 163 Å². The lowest BCUT2D eigenvalue weighted by Gasteiger charge is -2.14. The van der Waals surface area contributed by atoms with Crippen molar-refractivity contribution >= 4 is 29.0 Å². The van der Waals surface area contributed by atoms with Gasteiger partial charge in [-0.15, -0.1) is 0 Å². The molecule has 0 aliphatic carbocycles. The summed E-state index contributed by atoms with van der Waals surface area (Å²) in [6.45, 7) is 4.59. The standard InChI is InChI=1S/C21H21NO4S/c1-4-26-19-15(10-7-11-17(19)25-3)12-18-20(23)22(21(24)27-18)13-16-9-6-5-8-14(16)2/h5-12H,4,13H2,1-3H3/b18-12-. The van der Waals surface area contributed by atoms with E-state index < -0.39 is 0 Å². The molecule has 0 N–H and O–H groups in total. The molecule has 6 heteroatoms. The lowest BCUT2D eigenvalue weighted by molar-refractivity contribution is -0.123. The molecule has 1 heterocycles. The molecule has 0 aromatic heterocycles. The number of hydrogen-bond acceptors (Lipinski definition) is 5. The Bertz CT molecular complexity index is 907. The van der Waals surface area contributed by atoms with Crippen LogP contribution in [0.25, 0.3) is 6.08 Å². The number of imide groups is 1. The summed E-state index contributed by atoms with van der Waals surface area (Å²) in [5.74, 6) is 0.858. The van der Waals surface area contributed by atoms with Crippen LogP contribution in [-0.2, 0) is 11.3 Å². The summed E-state index contributed by atoms with van der Waals surface area (Å²) in [5, 5.41) is -0.268. The summed E-state index contributed by atoms with van der Waals surface area (Å²) in [7, 11) is 1.57. The van der Waals surface area contributed by atoms with Crippen molar-refractivity contribution in [2.24, 2.45) is 0 Å². The van der Waals surface area contributed by atoms with E-state index >= 15 is 0 Å². The second kappa shape index (κ2) is 8.31. The Balaban J connectivity index is 1.90. The molecule has 140 valence electrons. The fraction of sp³-hybridized carbons (Fsp3) is 0.238. The van der Waals surface area contributed by atoms with Crippen LogP contribution in [0.3, 0.4) is 0 Å². The van der Waals surface area contributed by atoms with E-state index in [4.69, 9.17) is 9.47 Å². The number of hydrogen-bond donors (Lipinski definition) is 0. The Morgan fingerprint density at radius 1 is 1.11 bits per heavy atom. The molecule has 2 aromatic carbocycles. The molecule has 1 saturated heterocycles. The highest BCUT2D eigenvalue weighted by Gasteiger charge is 2.35. The molecule has 1 aliphatic heterocycles. The van der Waals surface area contributed by atoms with Crippen LogP contribution in [0.1, 0.15) is 23.6 Å². The first-order valence-electron chi connectivity index (χ1n) is 8.64. The van der Waals surface area contributed by atoms with E-state index in [1.807, 2.05) is 50.2 Å². The molecule has 0 saturated carbocycles. The topological polar surface area (TPSA) is 55.8 Å². The molecular weight excluding hydrogens is 362 g/mol. The molecule has 0 unspecified atom stereocenters. The lowest BCUT2D eigenvalue weighted by Crippen LogP contribution is -2.27. The average Bonchev–Trinajstić information content (AvgIpc) is 2.92. The van der Waals surface area contributed by atoms with E-state index in [-0.39, 0.29) is 17.7 Å². The predicted molar refractivity (Wildman–Crippen MR) is 107 cm³/mol. The van der Waals surface area contributed by atoms with Crippen LogP contribution in [0.2, 0.25) is 0 Å². The summed E-state index contributed by atoms with van der Waals surface area (Å²) >= 11 is 0.944. The SMILES string of the molecule is CCOc1c(/C=C2\SC(=O)N(Cc3ccccc3C)C2=O)cccc1OC. The third-order valence-corrected chi connectivity index (χ3v) is 5.18. The number of nitrogens with zero attached hydrogens (tertiary/aromatic N) is 1. The van der Waals surface area contributed by atoms with Crippen LogP contribution < -0.4 is 9.47 Å². The van der Waals surface area contributed by atoms with E-state index in [0.29, 0.717) is 28.6 Å². The smallest absolute Gasteiger partial charge is 0.293 e. The van der Waals surface area contributed by atoms with Crippen molar-refractivity contribution in [3.05, 3.63) is 64.1 Å². The molecule has 2 amide bonds. The third kappa shape index (κ3) is 4.01. The fourth-order valence-corrected chi connectivity index (χ4v) is 3.67. The molecule has 27 heavy (non-hydrogen) atoms. The zero-order valence-electron chi connectivity index (χ0n) is 15.5. The highest BCUT2D eigenvalue weighted by molar-refractivity contribution is 8.18. The Morgan fingerprint density at radius 3 is 2.59 bits per heavy atom. The molecular formula is C21H21NO4S. The van der Waals surface area contributed by atoms with Gasteiger partial charge in [0.25, 0.3) is 11.1 Å². The summed E-state index contributed by atoms with van der Waals surface area (Å²) in [4.78, 5) is 26.9. The second-order valence-corrected chi connectivity index (χ2v) is 7.00. The van der Waals surface area contributed by atoms with Gasteiger partial charge in [0.1, 0.15) is 0 Å². The summed E-state index contributed by atoms with van der Waals surface area (Å²) in [6, 6.07) is 13.2. The van der Waals surface area contributed by atoms with Crippen molar-refractivity contribution in [2.45, 2.75) is 20.4 Å². The van der Waals surface area contributed by atoms with Crippen molar-refractivity contribution in [3.8, 4) is 11.5 Å². The number of carbonyl (C=O) groups excluding carboxylic acids is 2. The van der Waals surface area contributed by atoms with Crippen molar-refractivity contribution < 1.29 is 19.1 Å². The van der Waals surface area contributed by atoms with E-state index in [1.165, 1.54) is 4.90 Å². The number of benzene rings is 2. The molecule has 1 fully saturated rings. The minimum absolute atomic E-state index is 0.268. The second-order valence-electron chi connectivity index (χ2n) is 6.01. The highest BCUT2D eigenvalue weighted by atomic mass is 32.2. The zero-order valence-corrected chi connectivity index (χ0v) is 16.3. The average molecular weight is 383 g/mol. The van der Waals surface area contributed by atoms with Crippen LogP contribution in [0, 0.1) is 6.92 Å². The number of rotatable bonds is 6. The first-order valence-corrected chi connectivity index (χ1v) is 9.46. The Hall–Kier alpha value is -2.73. The number of aryl methyl sites for hydroxylation is 1. The summed E-state index contributed by atoms with van der Waals surface area (Å²) in [6.07, 6.45) is 1.69. The maximum Gasteiger partial charge on any atom is 0.293 e. The van der Waals surface area contributed by atoms with E-state index in [2.05, 4.69) is 0 Å². The maximum absolute atomic E-state index is 12.8. The summed E-state index contributed by atoms with van der Waals surface area (Å²) < 4.78 is 11.0. The van der Waals surface area contributed by atoms with Crippen molar-refractivity contribution in [1.82, 2.24) is 4.90 Å². The van der Waals surface area contributed by atoms with Gasteiger partial charge < -0.3 is 9.47 Å². The number of amides is 2. The van der Waals surface area contributed by atoms with Gasteiger partial charge >= 0.3 is 0 Å². The highest BCUT2D eigenvalue weighted by Crippen LogP contribution is 2.38. The van der Waals surface area contributed by atoms with E-state index in [9.17, 15) is 9.59 Å². The Kier molecular flexibility index (Phi) is 5.86. The van der Waals surface area contributed by atoms with Gasteiger partial charge in [0, 0.05) is 5.56 Å². The molecule has 0 bridgehead atoms. The zero-order chi connectivity index (χ0) is 19.4. The first-order chi connectivity index (χ1) is 13.0. The number of thioether (sulfide) groups is 1. The quantitative estimate of drug-likeness (QED) is 0.680. The van der Waals surface area contributed by atoms with Crippen LogP contribution in [0.15, 0.2) is 47.4 Å². The van der Waals surface area contributed by atoms with Crippen molar-refractivity contribution in [1.29, 1.82) is 0 Å². The van der Waals surface area contributed by atoms with Gasteiger partial charge in [0.05, 0.1) is 25.2 Å². The van der Waals surface area contributed by atoms with Gasteiger partial charge in [-0.2, -0.15) is 0 Å². The minimum Gasteiger partial charge on any atom is -0.493 e. The molecule has 1 aliphatic rings. The van der Waals surface area contributed by atoms with Crippen LogP contribution in [0.5, 0.6) is 11.5 Å². The predicted octanol–water partition coefficient (Wildman–Crippen LogP) is 4.64. The molecule has 0 atom stereocenters. The lowest BCUT2D eigenvalue weighted by atomic mass is 10.1. The van der Waals surface area contributed by atoms with Gasteiger partial charge in [-0.05, 0) is 48.9 Å². The van der Waals surface area contributed by atoms with Gasteiger partial charge in [-0.25, -0.2) is 0 Å². The number of ether oxygens (including phenoxy) is 2. The van der Waals surface area contributed by atoms with Crippen LogP contribution in [-0.4, -0.2) is 29.8 Å². The maximum atomic E-state index is 12.8. The molecule has 5 nitrogen and oxygen atoms in total. The van der Waals surface area contributed by atoms with Crippen LogP contribution >= 0.6 is 11.8 Å². The van der Waals surface area contributed by atoms with Gasteiger partial charge in [-0.1, -0.05) is 36.4 Å². The number of carbonyl (C=O) groups is 2. The first kappa shape index (κ1) is 19.0. The fourth-order valence-electron chi connectivity index (χ4n) is 2.84. The molecule has 3 rings (SSSR count). The van der Waals surface area contributed by atoms with Crippen molar-refractivity contribution in [2.75, 3.05) is 13.7 Å². The third-order valence-electron chi connectivity index (χ3n) is 4.27. The Morgan fingerprint density at radius 2 is 1.89 bits per heavy atom. The largest absolute Gasteiger partial charge is 0.493 e. The number of methoxy groups -OCH3 is 1. The summed E-state index contributed by atoms with van der Waals surface area (Å²) in [5.41, 5.74) is 2.71. The van der Waals surface area contributed by atoms with E-state index in [0.717, 1.165) is 22.9 Å². The van der Waals surface area contributed by atoms with Gasteiger partial charge in [0.15, 0.2) is 11.5 Å². The number of para-hydroxylation sites is 1. The van der Waals surface area contributed by atoms with Crippen molar-refractivity contribution in [3.63, 3.8) is 0 Å². The van der Waals surface area contributed by atoms with Gasteiger partial charge in [-0.3, -0.25) is 14.5 Å². The van der Waals surface area contributed by atoms with Crippen LogP contribution in [0.4, 0.5) is 4.79 Å². The molecule has 0 radical (unpaired) electrons. The molecule has 2 aromatic rings. The molecule has 0 spiro atoms. The minimum atomic E-state index is -0.293. The van der Waals surface area contributed by atoms with E-state index in [1.54, 1.807) is 19.3 Å². The monoisotopic (exact) mass is 383 g/mol. The normalized spacial score (nSPS) is 15.5.